The van der Waals surface area contributed by atoms with Gasteiger partial charge >= 0.3 is 6.18 Å². The summed E-state index contributed by atoms with van der Waals surface area (Å²) in [5.74, 6) is -0.340. The van der Waals surface area contributed by atoms with Crippen molar-refractivity contribution in [2.45, 2.75) is 25.4 Å². The van der Waals surface area contributed by atoms with Gasteiger partial charge in [-0.3, -0.25) is 4.79 Å². The molecule has 3 nitrogen and oxygen atoms in total. The fourth-order valence-electron chi connectivity index (χ4n) is 1.63. The molecule has 0 radical (unpaired) electrons. The predicted molar refractivity (Wildman–Crippen MR) is 49.3 cm³/mol. The van der Waals surface area contributed by atoms with Crippen molar-refractivity contribution in [3.63, 3.8) is 0 Å². The summed E-state index contributed by atoms with van der Waals surface area (Å²) in [5.41, 5.74) is 0. The highest BCUT2D eigenvalue weighted by molar-refractivity contribution is 5.76. The summed E-state index contributed by atoms with van der Waals surface area (Å²) in [7, 11) is 0. The van der Waals surface area contributed by atoms with Gasteiger partial charge in [-0.25, -0.2) is 0 Å². The van der Waals surface area contributed by atoms with Gasteiger partial charge in [-0.05, 0) is 31.8 Å². The second kappa shape index (κ2) is 5.34. The van der Waals surface area contributed by atoms with Crippen molar-refractivity contribution >= 4 is 5.91 Å². The highest BCUT2D eigenvalue weighted by Crippen LogP contribution is 2.15. The molecule has 0 saturated carbocycles. The van der Waals surface area contributed by atoms with Crippen LogP contribution >= 0.6 is 0 Å². The van der Waals surface area contributed by atoms with E-state index < -0.39 is 18.6 Å². The number of nitrogens with one attached hydrogen (secondary N) is 2. The number of piperidine rings is 1. The number of rotatable bonds is 3. The zero-order valence-electron chi connectivity index (χ0n) is 8.36. The standard InChI is InChI=1S/C9H15F3N2O/c10-9(11,12)6-14-8(15)4-7-2-1-3-13-5-7/h7,13H,1-6H2,(H,14,15). The molecule has 1 aliphatic rings. The fraction of sp³-hybridized carbons (Fsp3) is 0.889. The third-order valence-electron chi connectivity index (χ3n) is 2.36. The highest BCUT2D eigenvalue weighted by Gasteiger charge is 2.28. The van der Waals surface area contributed by atoms with E-state index in [4.69, 9.17) is 0 Å². The van der Waals surface area contributed by atoms with E-state index in [1.165, 1.54) is 0 Å². The van der Waals surface area contributed by atoms with Crippen molar-refractivity contribution in [2.75, 3.05) is 19.6 Å². The van der Waals surface area contributed by atoms with Crippen molar-refractivity contribution in [2.24, 2.45) is 5.92 Å². The van der Waals surface area contributed by atoms with Crippen LogP contribution in [0.1, 0.15) is 19.3 Å². The number of hydrogen-bond acceptors (Lipinski definition) is 2. The molecular formula is C9H15F3N2O. The van der Waals surface area contributed by atoms with Gasteiger partial charge in [-0.2, -0.15) is 13.2 Å². The van der Waals surface area contributed by atoms with Crippen LogP contribution in [0, 0.1) is 5.92 Å². The number of alkyl halides is 3. The van der Waals surface area contributed by atoms with E-state index in [0.29, 0.717) is 0 Å². The van der Waals surface area contributed by atoms with Crippen LogP contribution in [0.2, 0.25) is 0 Å². The van der Waals surface area contributed by atoms with Crippen molar-refractivity contribution < 1.29 is 18.0 Å². The number of hydrogen-bond donors (Lipinski definition) is 2. The lowest BCUT2D eigenvalue weighted by molar-refractivity contribution is -0.139. The van der Waals surface area contributed by atoms with Crippen molar-refractivity contribution in [3.8, 4) is 0 Å². The molecule has 0 aromatic rings. The molecule has 1 saturated heterocycles. The first-order chi connectivity index (χ1) is 6.97. The topological polar surface area (TPSA) is 41.1 Å². The van der Waals surface area contributed by atoms with Gasteiger partial charge in [0.2, 0.25) is 5.91 Å². The van der Waals surface area contributed by atoms with E-state index in [1.54, 1.807) is 0 Å². The molecule has 1 amide bonds. The molecule has 2 N–H and O–H groups in total. The van der Waals surface area contributed by atoms with Gasteiger partial charge in [-0.15, -0.1) is 0 Å². The average Bonchev–Trinajstić information content (AvgIpc) is 2.15. The van der Waals surface area contributed by atoms with Crippen LogP contribution in [0.3, 0.4) is 0 Å². The van der Waals surface area contributed by atoms with E-state index in [9.17, 15) is 18.0 Å². The first-order valence-electron chi connectivity index (χ1n) is 5.01. The summed E-state index contributed by atoms with van der Waals surface area (Å²) < 4.78 is 35.3. The molecule has 0 bridgehead atoms. The fourth-order valence-corrected chi connectivity index (χ4v) is 1.63. The first-order valence-corrected chi connectivity index (χ1v) is 5.01. The summed E-state index contributed by atoms with van der Waals surface area (Å²) in [6.45, 7) is 0.423. The smallest absolute Gasteiger partial charge is 0.347 e. The Morgan fingerprint density at radius 1 is 1.47 bits per heavy atom. The largest absolute Gasteiger partial charge is 0.405 e. The molecule has 0 aromatic carbocycles. The van der Waals surface area contributed by atoms with Crippen molar-refractivity contribution in [1.29, 1.82) is 0 Å². The summed E-state index contributed by atoms with van der Waals surface area (Å²) in [6, 6.07) is 0. The van der Waals surface area contributed by atoms with Crippen LogP contribution in [0.25, 0.3) is 0 Å². The Morgan fingerprint density at radius 3 is 2.73 bits per heavy atom. The van der Waals surface area contributed by atoms with E-state index in [-0.39, 0.29) is 12.3 Å². The van der Waals surface area contributed by atoms with Crippen LogP contribution in [0.5, 0.6) is 0 Å². The van der Waals surface area contributed by atoms with Crippen LogP contribution in [0.4, 0.5) is 13.2 Å². The molecule has 1 aliphatic heterocycles. The summed E-state index contributed by atoms with van der Waals surface area (Å²) in [6.07, 6.45) is -2.24. The first kappa shape index (κ1) is 12.3. The number of amides is 1. The number of halogens is 3. The molecule has 1 rings (SSSR count). The number of carbonyl (C=O) groups is 1. The summed E-state index contributed by atoms with van der Waals surface area (Å²) in [4.78, 5) is 11.1. The maximum absolute atomic E-state index is 11.8. The monoisotopic (exact) mass is 224 g/mol. The second-order valence-electron chi connectivity index (χ2n) is 3.81. The minimum absolute atomic E-state index is 0.173. The summed E-state index contributed by atoms with van der Waals surface area (Å²) in [5, 5.41) is 4.99. The normalized spacial score (nSPS) is 22.5. The van der Waals surface area contributed by atoms with E-state index in [2.05, 4.69) is 5.32 Å². The third kappa shape index (κ3) is 5.61. The lowest BCUT2D eigenvalue weighted by Crippen LogP contribution is -2.37. The van der Waals surface area contributed by atoms with Crippen LogP contribution < -0.4 is 10.6 Å². The van der Waals surface area contributed by atoms with E-state index in [0.717, 1.165) is 25.9 Å². The van der Waals surface area contributed by atoms with Gasteiger partial charge in [-0.1, -0.05) is 0 Å². The molecule has 1 atom stereocenters. The molecule has 1 unspecified atom stereocenters. The summed E-state index contributed by atoms with van der Waals surface area (Å²) >= 11 is 0. The SMILES string of the molecule is O=C(CC1CCCNC1)NCC(F)(F)F. The Labute approximate surface area is 86.4 Å². The Bertz CT molecular complexity index is 212. The highest BCUT2D eigenvalue weighted by atomic mass is 19.4. The quantitative estimate of drug-likeness (QED) is 0.752. The van der Waals surface area contributed by atoms with Gasteiger partial charge < -0.3 is 10.6 Å². The second-order valence-corrected chi connectivity index (χ2v) is 3.81. The Balaban J connectivity index is 2.17. The Kier molecular flexibility index (Phi) is 4.38. The zero-order chi connectivity index (χ0) is 11.3. The molecule has 6 heteroatoms. The van der Waals surface area contributed by atoms with Gasteiger partial charge in [0.05, 0.1) is 0 Å². The molecule has 88 valence electrons. The molecule has 15 heavy (non-hydrogen) atoms. The average molecular weight is 224 g/mol. The van der Waals surface area contributed by atoms with Gasteiger partial charge in [0.15, 0.2) is 0 Å². The van der Waals surface area contributed by atoms with Crippen molar-refractivity contribution in [3.05, 3.63) is 0 Å². The van der Waals surface area contributed by atoms with Gasteiger partial charge in [0, 0.05) is 6.42 Å². The lowest BCUT2D eigenvalue weighted by atomic mass is 9.96. The maximum Gasteiger partial charge on any atom is 0.405 e. The minimum atomic E-state index is -4.32. The van der Waals surface area contributed by atoms with Gasteiger partial charge in [0.25, 0.3) is 0 Å². The lowest BCUT2D eigenvalue weighted by Gasteiger charge is -2.22. The number of carbonyl (C=O) groups excluding carboxylic acids is 1. The Morgan fingerprint density at radius 2 is 2.20 bits per heavy atom. The Hall–Kier alpha value is -0.780. The molecule has 0 aliphatic carbocycles. The third-order valence-corrected chi connectivity index (χ3v) is 2.36. The van der Waals surface area contributed by atoms with E-state index >= 15 is 0 Å². The van der Waals surface area contributed by atoms with Crippen LogP contribution in [-0.2, 0) is 4.79 Å². The molecule has 1 fully saturated rings. The zero-order valence-corrected chi connectivity index (χ0v) is 8.36. The molecular weight excluding hydrogens is 209 g/mol. The minimum Gasteiger partial charge on any atom is -0.347 e. The van der Waals surface area contributed by atoms with E-state index in [1.807, 2.05) is 5.32 Å². The molecule has 0 spiro atoms. The molecule has 0 aromatic heterocycles. The maximum atomic E-state index is 11.8. The van der Waals surface area contributed by atoms with Gasteiger partial charge in [0.1, 0.15) is 6.54 Å². The van der Waals surface area contributed by atoms with Crippen molar-refractivity contribution in [1.82, 2.24) is 10.6 Å². The van der Waals surface area contributed by atoms with Crippen LogP contribution in [0.15, 0.2) is 0 Å². The van der Waals surface area contributed by atoms with Crippen LogP contribution in [-0.4, -0.2) is 31.7 Å². The molecule has 1 heterocycles. The predicted octanol–water partition coefficient (Wildman–Crippen LogP) is 1.05.